The fourth-order valence-electron chi connectivity index (χ4n) is 3.29. The second-order valence-electron chi connectivity index (χ2n) is 6.84. The van der Waals surface area contributed by atoms with E-state index in [-0.39, 0.29) is 17.7 Å². The van der Waals surface area contributed by atoms with Crippen molar-refractivity contribution in [2.75, 3.05) is 18.0 Å². The zero-order chi connectivity index (χ0) is 19.3. The number of piperidine rings is 1. The van der Waals surface area contributed by atoms with Gasteiger partial charge in [0.15, 0.2) is 0 Å². The number of nitrogens with zero attached hydrogens (tertiary/aromatic N) is 3. The lowest BCUT2D eigenvalue weighted by atomic mass is 10.1. The first kappa shape index (κ1) is 19.0. The molecule has 1 saturated heterocycles. The summed E-state index contributed by atoms with van der Waals surface area (Å²) in [6.45, 7) is 1.93. The summed E-state index contributed by atoms with van der Waals surface area (Å²) in [4.78, 5) is 2.19. The highest BCUT2D eigenvalue weighted by molar-refractivity contribution is 7.15. The Labute approximate surface area is 166 Å². The topological polar surface area (TPSA) is 38.2 Å². The SMILES string of the molecule is Fc1ccccc1COC1CCN(c2nnc(Cc3ccccc3F)s2)CC1. The second kappa shape index (κ2) is 8.75. The summed E-state index contributed by atoms with van der Waals surface area (Å²) >= 11 is 1.50. The highest BCUT2D eigenvalue weighted by atomic mass is 32.1. The summed E-state index contributed by atoms with van der Waals surface area (Å²) in [5.74, 6) is -0.441. The van der Waals surface area contributed by atoms with Crippen LogP contribution in [0.1, 0.15) is 29.0 Å². The zero-order valence-corrected chi connectivity index (χ0v) is 16.2. The molecular weight excluding hydrogens is 380 g/mol. The van der Waals surface area contributed by atoms with Gasteiger partial charge in [0.2, 0.25) is 5.13 Å². The molecule has 0 aliphatic carbocycles. The van der Waals surface area contributed by atoms with Gasteiger partial charge in [0.1, 0.15) is 16.6 Å². The molecule has 0 saturated carbocycles. The van der Waals surface area contributed by atoms with Gasteiger partial charge in [-0.3, -0.25) is 0 Å². The second-order valence-corrected chi connectivity index (χ2v) is 7.88. The predicted molar refractivity (Wildman–Crippen MR) is 106 cm³/mol. The van der Waals surface area contributed by atoms with Crippen LogP contribution in [-0.2, 0) is 17.8 Å². The number of aromatic nitrogens is 2. The molecule has 0 amide bonds. The fraction of sp³-hybridized carbons (Fsp3) is 0.333. The molecule has 1 fully saturated rings. The lowest BCUT2D eigenvalue weighted by Crippen LogP contribution is -2.37. The van der Waals surface area contributed by atoms with Gasteiger partial charge in [-0.05, 0) is 30.5 Å². The normalized spacial score (nSPS) is 15.1. The van der Waals surface area contributed by atoms with Crippen LogP contribution in [0.5, 0.6) is 0 Å². The Morgan fingerprint density at radius 1 is 0.929 bits per heavy atom. The molecule has 28 heavy (non-hydrogen) atoms. The summed E-state index contributed by atoms with van der Waals surface area (Å²) in [6, 6.07) is 13.4. The van der Waals surface area contributed by atoms with Crippen molar-refractivity contribution in [1.29, 1.82) is 0 Å². The molecule has 0 radical (unpaired) electrons. The summed E-state index contributed by atoms with van der Waals surface area (Å²) < 4.78 is 33.4. The minimum absolute atomic E-state index is 0.113. The molecule has 1 aromatic heterocycles. The van der Waals surface area contributed by atoms with Gasteiger partial charge in [0.25, 0.3) is 0 Å². The van der Waals surface area contributed by atoms with E-state index in [1.54, 1.807) is 24.3 Å². The van der Waals surface area contributed by atoms with Crippen molar-refractivity contribution in [1.82, 2.24) is 10.2 Å². The first-order valence-corrected chi connectivity index (χ1v) is 10.2. The van der Waals surface area contributed by atoms with E-state index >= 15 is 0 Å². The third-order valence-corrected chi connectivity index (χ3v) is 5.88. The Bertz CT molecular complexity index is 925. The van der Waals surface area contributed by atoms with E-state index in [1.807, 2.05) is 12.1 Å². The van der Waals surface area contributed by atoms with E-state index in [0.717, 1.165) is 36.1 Å². The van der Waals surface area contributed by atoms with Crippen LogP contribution in [0.3, 0.4) is 0 Å². The Hall–Kier alpha value is -2.38. The molecule has 146 valence electrons. The maximum Gasteiger partial charge on any atom is 0.208 e. The van der Waals surface area contributed by atoms with Crippen molar-refractivity contribution < 1.29 is 13.5 Å². The molecule has 4 nitrogen and oxygen atoms in total. The number of hydrogen-bond donors (Lipinski definition) is 0. The fourth-order valence-corrected chi connectivity index (χ4v) is 4.20. The van der Waals surface area contributed by atoms with Gasteiger partial charge < -0.3 is 9.64 Å². The van der Waals surface area contributed by atoms with Gasteiger partial charge in [-0.15, -0.1) is 10.2 Å². The molecular formula is C21H21F2N3OS. The van der Waals surface area contributed by atoms with E-state index in [4.69, 9.17) is 4.74 Å². The predicted octanol–water partition coefficient (Wildman–Crippen LogP) is 4.59. The average Bonchev–Trinajstić information content (AvgIpc) is 3.18. The lowest BCUT2D eigenvalue weighted by Gasteiger charge is -2.31. The molecule has 0 spiro atoms. The molecule has 1 aliphatic heterocycles. The van der Waals surface area contributed by atoms with Crippen LogP contribution in [0.25, 0.3) is 0 Å². The number of benzene rings is 2. The van der Waals surface area contributed by atoms with Crippen molar-refractivity contribution in [3.05, 3.63) is 76.3 Å². The van der Waals surface area contributed by atoms with Crippen LogP contribution in [-0.4, -0.2) is 29.4 Å². The highest BCUT2D eigenvalue weighted by Gasteiger charge is 2.23. The van der Waals surface area contributed by atoms with Crippen LogP contribution in [0.15, 0.2) is 48.5 Å². The summed E-state index contributed by atoms with van der Waals surface area (Å²) in [5, 5.41) is 10.2. The summed E-state index contributed by atoms with van der Waals surface area (Å²) in [7, 11) is 0. The Kier molecular flexibility index (Phi) is 5.92. The number of ether oxygens (including phenoxy) is 1. The quantitative estimate of drug-likeness (QED) is 0.605. The molecule has 0 N–H and O–H groups in total. The van der Waals surface area contributed by atoms with Crippen molar-refractivity contribution in [2.24, 2.45) is 0 Å². The van der Waals surface area contributed by atoms with E-state index in [1.165, 1.54) is 23.5 Å². The third kappa shape index (κ3) is 4.54. The standard InChI is InChI=1S/C21H21F2N3OS/c22-18-7-3-1-5-15(18)13-20-24-25-21(28-20)26-11-9-17(10-12-26)27-14-16-6-2-4-8-19(16)23/h1-8,17H,9-14H2. The van der Waals surface area contributed by atoms with Gasteiger partial charge in [0.05, 0.1) is 12.7 Å². The van der Waals surface area contributed by atoms with Crippen molar-refractivity contribution in [3.63, 3.8) is 0 Å². The van der Waals surface area contributed by atoms with Gasteiger partial charge in [-0.1, -0.05) is 47.7 Å². The van der Waals surface area contributed by atoms with Crippen LogP contribution < -0.4 is 4.90 Å². The molecule has 3 aromatic rings. The highest BCUT2D eigenvalue weighted by Crippen LogP contribution is 2.27. The average molecular weight is 401 g/mol. The van der Waals surface area contributed by atoms with Crippen molar-refractivity contribution in [2.45, 2.75) is 32.0 Å². The van der Waals surface area contributed by atoms with Crippen LogP contribution in [0.4, 0.5) is 13.9 Å². The van der Waals surface area contributed by atoms with E-state index in [0.29, 0.717) is 24.2 Å². The smallest absolute Gasteiger partial charge is 0.208 e. The molecule has 0 unspecified atom stereocenters. The molecule has 1 aliphatic rings. The largest absolute Gasteiger partial charge is 0.373 e. The molecule has 4 rings (SSSR count). The van der Waals surface area contributed by atoms with Crippen LogP contribution in [0.2, 0.25) is 0 Å². The zero-order valence-electron chi connectivity index (χ0n) is 15.4. The van der Waals surface area contributed by atoms with Gasteiger partial charge in [-0.25, -0.2) is 8.78 Å². The summed E-state index contributed by atoms with van der Waals surface area (Å²) in [6.07, 6.45) is 2.28. The Morgan fingerprint density at radius 3 is 2.25 bits per heavy atom. The van der Waals surface area contributed by atoms with E-state index in [2.05, 4.69) is 15.1 Å². The lowest BCUT2D eigenvalue weighted by molar-refractivity contribution is 0.0237. The van der Waals surface area contributed by atoms with Gasteiger partial charge in [0, 0.05) is 25.1 Å². The third-order valence-electron chi connectivity index (χ3n) is 4.90. The van der Waals surface area contributed by atoms with Gasteiger partial charge in [-0.2, -0.15) is 0 Å². The van der Waals surface area contributed by atoms with Crippen molar-refractivity contribution >= 4 is 16.5 Å². The molecule has 2 heterocycles. The number of anilines is 1. The maximum atomic E-state index is 13.8. The van der Waals surface area contributed by atoms with Crippen LogP contribution >= 0.6 is 11.3 Å². The molecule has 0 atom stereocenters. The minimum atomic E-state index is -0.226. The molecule has 2 aromatic carbocycles. The van der Waals surface area contributed by atoms with E-state index < -0.39 is 0 Å². The maximum absolute atomic E-state index is 13.8. The first-order chi connectivity index (χ1) is 13.7. The minimum Gasteiger partial charge on any atom is -0.373 e. The van der Waals surface area contributed by atoms with Gasteiger partial charge >= 0.3 is 0 Å². The Morgan fingerprint density at radius 2 is 1.57 bits per heavy atom. The van der Waals surface area contributed by atoms with Crippen LogP contribution in [0, 0.1) is 11.6 Å². The van der Waals surface area contributed by atoms with E-state index in [9.17, 15) is 8.78 Å². The Balaban J connectivity index is 1.29. The molecule has 0 bridgehead atoms. The number of hydrogen-bond acceptors (Lipinski definition) is 5. The first-order valence-electron chi connectivity index (χ1n) is 9.35. The van der Waals surface area contributed by atoms with Crippen molar-refractivity contribution in [3.8, 4) is 0 Å². The monoisotopic (exact) mass is 401 g/mol. The molecule has 7 heteroatoms. The number of halogens is 2. The number of rotatable bonds is 6. The summed E-state index contributed by atoms with van der Waals surface area (Å²) in [5.41, 5.74) is 1.22.